The van der Waals surface area contributed by atoms with Crippen molar-refractivity contribution >= 4 is 0 Å². The summed E-state index contributed by atoms with van der Waals surface area (Å²) in [5.41, 5.74) is 2.86. The average Bonchev–Trinajstić information content (AvgIpc) is 3.06. The van der Waals surface area contributed by atoms with Gasteiger partial charge in [0.25, 0.3) is 0 Å². The molecule has 0 spiro atoms. The molecule has 0 atom stereocenters. The first-order valence-corrected chi connectivity index (χ1v) is 7.08. The summed E-state index contributed by atoms with van der Waals surface area (Å²) in [6.45, 7) is 5.79. The van der Waals surface area contributed by atoms with Crippen molar-refractivity contribution in [2.24, 2.45) is 0 Å². The van der Waals surface area contributed by atoms with Gasteiger partial charge < -0.3 is 15.3 Å². The second-order valence-corrected chi connectivity index (χ2v) is 3.84. The SMILES string of the molecule is C1=CCC([CH-]C2=CC=CC2)=C1.CCO.CCO.CCO.[Zr]. The van der Waals surface area contributed by atoms with Crippen molar-refractivity contribution in [3.8, 4) is 0 Å². The van der Waals surface area contributed by atoms with Gasteiger partial charge in [0.2, 0.25) is 0 Å². The van der Waals surface area contributed by atoms with Gasteiger partial charge in [-0.15, -0.1) is 12.2 Å². The van der Waals surface area contributed by atoms with Gasteiger partial charge in [-0.1, -0.05) is 12.2 Å². The predicted octanol–water partition coefficient (Wildman–Crippen LogP) is 2.96. The summed E-state index contributed by atoms with van der Waals surface area (Å²) >= 11 is 0. The fourth-order valence-electron chi connectivity index (χ4n) is 1.38. The van der Waals surface area contributed by atoms with Crippen molar-refractivity contribution < 1.29 is 41.5 Å². The first kappa shape index (κ1) is 25.5. The van der Waals surface area contributed by atoms with Crippen LogP contribution in [-0.4, -0.2) is 35.1 Å². The van der Waals surface area contributed by atoms with Crippen LogP contribution in [-0.2, 0) is 26.2 Å². The zero-order chi connectivity index (χ0) is 15.6. The molecule has 0 aromatic carbocycles. The van der Waals surface area contributed by atoms with Crippen molar-refractivity contribution in [2.45, 2.75) is 33.6 Å². The van der Waals surface area contributed by atoms with Crippen LogP contribution in [0.4, 0.5) is 0 Å². The van der Waals surface area contributed by atoms with E-state index in [1.807, 2.05) is 0 Å². The van der Waals surface area contributed by atoms with Crippen LogP contribution in [0.25, 0.3) is 0 Å². The molecule has 2 aliphatic carbocycles. The van der Waals surface area contributed by atoms with Gasteiger partial charge in [0.1, 0.15) is 0 Å². The molecule has 2 rings (SSSR count). The number of hydrogen-bond donors (Lipinski definition) is 3. The van der Waals surface area contributed by atoms with E-state index in [-0.39, 0.29) is 46.0 Å². The molecule has 0 radical (unpaired) electrons. The Bertz CT molecular complexity index is 285. The van der Waals surface area contributed by atoms with E-state index in [1.54, 1.807) is 20.8 Å². The third kappa shape index (κ3) is 19.6. The smallest absolute Gasteiger partial charge is 0.0402 e. The largest absolute Gasteiger partial charge is 0.397 e. The van der Waals surface area contributed by atoms with Crippen molar-refractivity contribution in [1.29, 1.82) is 0 Å². The van der Waals surface area contributed by atoms with E-state index in [0.29, 0.717) is 0 Å². The molecule has 0 amide bonds. The molecular formula is C17H29O3Zr-. The molecule has 4 heteroatoms. The zero-order valence-corrected chi connectivity index (χ0v) is 15.9. The van der Waals surface area contributed by atoms with E-state index in [2.05, 4.69) is 42.9 Å². The van der Waals surface area contributed by atoms with Crippen LogP contribution in [0.1, 0.15) is 33.6 Å². The molecule has 0 saturated heterocycles. The minimum Gasteiger partial charge on any atom is -0.397 e. The van der Waals surface area contributed by atoms with Gasteiger partial charge in [0, 0.05) is 46.0 Å². The molecule has 2 aliphatic rings. The second-order valence-electron chi connectivity index (χ2n) is 3.84. The molecule has 0 aromatic rings. The van der Waals surface area contributed by atoms with Crippen LogP contribution < -0.4 is 0 Å². The van der Waals surface area contributed by atoms with Crippen molar-refractivity contribution in [1.82, 2.24) is 0 Å². The van der Waals surface area contributed by atoms with Crippen LogP contribution in [0, 0.1) is 6.42 Å². The molecule has 3 nitrogen and oxygen atoms in total. The monoisotopic (exact) mass is 371 g/mol. The Balaban J connectivity index is -0.000000276. The summed E-state index contributed by atoms with van der Waals surface area (Å²) in [6.07, 6.45) is 17.5. The number of rotatable bonds is 2. The summed E-state index contributed by atoms with van der Waals surface area (Å²) in [7, 11) is 0. The van der Waals surface area contributed by atoms with E-state index >= 15 is 0 Å². The third-order valence-electron chi connectivity index (χ3n) is 1.97. The van der Waals surface area contributed by atoms with Gasteiger partial charge >= 0.3 is 0 Å². The normalized spacial score (nSPS) is 13.2. The van der Waals surface area contributed by atoms with Gasteiger partial charge in [-0.05, 0) is 33.6 Å². The molecule has 21 heavy (non-hydrogen) atoms. The fourth-order valence-corrected chi connectivity index (χ4v) is 1.38. The van der Waals surface area contributed by atoms with Crippen LogP contribution in [0.15, 0.2) is 47.6 Å². The molecular weight excluding hydrogens is 343 g/mol. The standard InChI is InChI=1S/C11H11.3C2H6O.Zr/c1-2-6-10(5-1)9-11-7-3-4-8-11;3*1-2-3;/h1-5,7,9H,6,8H2;3*3H,2H2,1H3;/q-1;;;;. The molecule has 0 unspecified atom stereocenters. The maximum Gasteiger partial charge on any atom is 0.0402 e. The Kier molecular flexibility index (Phi) is 26.6. The summed E-state index contributed by atoms with van der Waals surface area (Å²) in [6, 6.07) is 0. The van der Waals surface area contributed by atoms with Crippen molar-refractivity contribution in [3.63, 3.8) is 0 Å². The summed E-state index contributed by atoms with van der Waals surface area (Å²) in [5.74, 6) is 0. The maximum absolute atomic E-state index is 7.57. The van der Waals surface area contributed by atoms with E-state index in [0.717, 1.165) is 12.8 Å². The van der Waals surface area contributed by atoms with E-state index in [4.69, 9.17) is 15.3 Å². The Morgan fingerprint density at radius 2 is 1.10 bits per heavy atom. The Morgan fingerprint density at radius 1 is 0.810 bits per heavy atom. The van der Waals surface area contributed by atoms with Crippen LogP contribution in [0.5, 0.6) is 0 Å². The van der Waals surface area contributed by atoms with Gasteiger partial charge in [-0.2, -0.15) is 29.7 Å². The summed E-state index contributed by atoms with van der Waals surface area (Å²) in [4.78, 5) is 0. The molecule has 0 fully saturated rings. The predicted molar refractivity (Wildman–Crippen MR) is 86.3 cm³/mol. The van der Waals surface area contributed by atoms with Crippen molar-refractivity contribution in [2.75, 3.05) is 19.8 Å². The minimum atomic E-state index is 0. The minimum absolute atomic E-state index is 0. The Labute approximate surface area is 148 Å². The number of aliphatic hydroxyl groups is 3. The maximum atomic E-state index is 7.57. The molecule has 0 heterocycles. The first-order chi connectivity index (χ1) is 9.69. The van der Waals surface area contributed by atoms with Gasteiger partial charge in [-0.25, -0.2) is 0 Å². The van der Waals surface area contributed by atoms with Crippen LogP contribution >= 0.6 is 0 Å². The van der Waals surface area contributed by atoms with Crippen LogP contribution in [0.3, 0.4) is 0 Å². The fraction of sp³-hybridized carbons (Fsp3) is 0.471. The topological polar surface area (TPSA) is 60.7 Å². The zero-order valence-electron chi connectivity index (χ0n) is 13.4. The molecule has 0 saturated carbocycles. The average molecular weight is 373 g/mol. The Morgan fingerprint density at radius 3 is 1.29 bits per heavy atom. The number of hydrogen-bond acceptors (Lipinski definition) is 3. The Hall–Kier alpha value is -0.407. The van der Waals surface area contributed by atoms with Gasteiger partial charge in [0.05, 0.1) is 0 Å². The van der Waals surface area contributed by atoms with E-state index < -0.39 is 0 Å². The van der Waals surface area contributed by atoms with E-state index in [1.165, 1.54) is 11.1 Å². The summed E-state index contributed by atoms with van der Waals surface area (Å²) < 4.78 is 0. The molecule has 0 aliphatic heterocycles. The second kappa shape index (κ2) is 21.9. The van der Waals surface area contributed by atoms with Crippen molar-refractivity contribution in [3.05, 3.63) is 54.0 Å². The van der Waals surface area contributed by atoms with Gasteiger partial charge in [-0.3, -0.25) is 0 Å². The first-order valence-electron chi connectivity index (χ1n) is 7.08. The quantitative estimate of drug-likeness (QED) is 0.653. The van der Waals surface area contributed by atoms with E-state index in [9.17, 15) is 0 Å². The number of allylic oxidation sites excluding steroid dienone is 8. The molecule has 120 valence electrons. The van der Waals surface area contributed by atoms with Crippen LogP contribution in [0.2, 0.25) is 0 Å². The van der Waals surface area contributed by atoms with Gasteiger partial charge in [0.15, 0.2) is 0 Å². The summed E-state index contributed by atoms with van der Waals surface area (Å²) in [5, 5.41) is 22.7. The molecule has 0 aromatic heterocycles. The molecule has 3 N–H and O–H groups in total. The number of aliphatic hydroxyl groups excluding tert-OH is 3. The molecule has 0 bridgehead atoms. The third-order valence-corrected chi connectivity index (χ3v) is 1.97.